The molecular weight excluding hydrogens is 1530 g/mol. The Morgan fingerprint density at radius 1 is 0.500 bits per heavy atom. The topological polar surface area (TPSA) is 366 Å². The summed E-state index contributed by atoms with van der Waals surface area (Å²) in [5.41, 5.74) is 26.6. The van der Waals surface area contributed by atoms with Crippen LogP contribution in [0.15, 0.2) is 94.0 Å². The summed E-state index contributed by atoms with van der Waals surface area (Å²) in [4.78, 5) is 65.6. The quantitative estimate of drug-likeness (QED) is 0.00965. The van der Waals surface area contributed by atoms with E-state index in [4.69, 9.17) is 53.8 Å². The molecule has 0 unspecified atom stereocenters. The zero-order valence-corrected chi connectivity index (χ0v) is 74.7. The van der Waals surface area contributed by atoms with E-state index in [1.165, 1.54) is 0 Å². The summed E-state index contributed by atoms with van der Waals surface area (Å²) < 4.78 is 31.8. The Labute approximate surface area is 740 Å². The van der Waals surface area contributed by atoms with Crippen LogP contribution in [0.25, 0.3) is 9.69 Å². The Hall–Kier alpha value is -7.87. The van der Waals surface area contributed by atoms with Crippen molar-refractivity contribution in [2.45, 2.75) is 250 Å². The van der Waals surface area contributed by atoms with Crippen molar-refractivity contribution in [1.82, 2.24) is 10.3 Å². The predicted molar refractivity (Wildman–Crippen MR) is 457 cm³/mol. The van der Waals surface area contributed by atoms with Gasteiger partial charge in [0.2, 0.25) is 11.8 Å². The number of anilines is 8. The van der Waals surface area contributed by atoms with Crippen LogP contribution in [0, 0.1) is 60.8 Å². The molecule has 28 heteroatoms. The number of aliphatic carboxylic acids is 2. The van der Waals surface area contributed by atoms with Crippen molar-refractivity contribution in [1.29, 1.82) is 0 Å². The number of rotatable bonds is 26. The zero-order valence-electron chi connectivity index (χ0n) is 71.6. The molecule has 27 nitrogen and oxygen atoms in total. The van der Waals surface area contributed by atoms with E-state index < -0.39 is 28.3 Å². The fourth-order valence-corrected chi connectivity index (χ4v) is 17.4. The van der Waals surface area contributed by atoms with E-state index in [1.807, 2.05) is 62.4 Å². The Morgan fingerprint density at radius 3 is 1.13 bits per heavy atom. The molecule has 4 saturated heterocycles. The Morgan fingerprint density at radius 2 is 0.831 bits per heavy atom. The molecule has 118 heavy (non-hydrogen) atoms. The number of carboxylic acid groups (broad SMARTS) is 2. The predicted octanol–water partition coefficient (Wildman–Crippen LogP) is 13.9. The molecular formula is C90H128KN13O14. The molecule has 14 rings (SSSR count). The van der Waals surface area contributed by atoms with Gasteiger partial charge in [0.05, 0.1) is 67.7 Å². The van der Waals surface area contributed by atoms with Crippen LogP contribution < -0.4 is 93.5 Å². The number of nitro benzene ring substituents is 1. The van der Waals surface area contributed by atoms with Gasteiger partial charge in [-0.2, -0.15) is 0 Å². The number of carbonyl (C=O) groups excluding carboxylic acids is 1. The molecule has 6 heterocycles. The zero-order chi connectivity index (χ0) is 83.5. The Kier molecular flexibility index (Phi) is 35.7. The summed E-state index contributed by atoms with van der Waals surface area (Å²) in [6.45, 7) is 45.9. The van der Waals surface area contributed by atoms with Gasteiger partial charge in [-0.15, -0.1) is 0 Å². The summed E-state index contributed by atoms with van der Waals surface area (Å²) in [5, 5.41) is 41.9. The minimum Gasteiger partial charge on any atom is -0.870 e. The minimum atomic E-state index is -0.873. The number of hydrogen-bond donors (Lipinski definition) is 6. The molecule has 0 bridgehead atoms. The Balaban J connectivity index is 0.000000191. The molecule has 6 aromatic rings. The van der Waals surface area contributed by atoms with Crippen LogP contribution in [0.5, 0.6) is 0 Å². The number of hydrogen-bond acceptors (Lipinski definition) is 21. The number of benzene rings is 4. The van der Waals surface area contributed by atoms with Crippen LogP contribution in [0.4, 0.5) is 51.4 Å². The van der Waals surface area contributed by atoms with Gasteiger partial charge in [-0.05, 0) is 193 Å². The third-order valence-electron chi connectivity index (χ3n) is 24.4. The second-order valence-electron chi connectivity index (χ2n) is 34.8. The number of aryl methyl sites for hydroxylation is 2. The molecule has 8 aliphatic rings. The fraction of sp³-hybridized carbons (Fsp3) is 0.611. The molecule has 1 amide bonds. The van der Waals surface area contributed by atoms with Crippen LogP contribution in [0.3, 0.4) is 0 Å². The number of nitrogen functional groups attached to an aromatic ring is 3. The minimum absolute atomic E-state index is 0. The van der Waals surface area contributed by atoms with Gasteiger partial charge in [0.25, 0.3) is 16.8 Å². The van der Waals surface area contributed by atoms with E-state index >= 15 is 0 Å². The second kappa shape index (κ2) is 44.1. The van der Waals surface area contributed by atoms with Crippen molar-refractivity contribution in [3.05, 3.63) is 157 Å². The molecule has 8 fully saturated rings. The molecule has 0 radical (unpaired) electrons. The summed E-state index contributed by atoms with van der Waals surface area (Å²) >= 11 is 0. The number of nitro groups is 1. The number of carboxylic acids is 2. The third-order valence-corrected chi connectivity index (χ3v) is 24.4. The maximum Gasteiger partial charge on any atom is 1.00 e. The molecule has 0 atom stereocenters. The number of carbonyl (C=O) groups is 3. The SMILES string of the molecule is CC(C)CN(c1ccc(C2(C(=O)O)CCC2)cc1N)C1CCOCC1.Cc1cc(CC(=O)Nc2cc(C3(C(=O)O)CCC3)ccc2N(CC(C)C)C2CCOCC2)on1.Cc1cc(N)on1.[C-]#[N+]C1(c2ccc(N(CC(C)C)C3CCOCC3)c(N)c2)CCC1.[C-]#[N+]C1(c2ccc(N(CC(C)C)C3CCOCC3)c([N+](=O)[O-])c2)CCC1.[K+].[OH-]. The number of nitrogens with one attached hydrogen (secondary N) is 1. The smallest absolute Gasteiger partial charge is 0.870 e. The molecule has 4 aromatic carbocycles. The summed E-state index contributed by atoms with van der Waals surface area (Å²) in [6, 6.07) is 28.4. The van der Waals surface area contributed by atoms with E-state index in [0.29, 0.717) is 123 Å². The fourth-order valence-electron chi connectivity index (χ4n) is 17.4. The standard InChI is InChI=1S/C26H35N3O5.C20H27N3O3.C20H29N3O.C20H30N2O3.C4H6N2O.K.H2O/c1-17(2)16-29(20-7-11-33-12-8-20)23-6-5-19(26(25(31)32)9-4-10-26)14-22(23)27-24(30)15-21-13-18(3)28-34-21;1-15(2)14-22(17-7-11-26-12-8-17)18-6-5-16(13-19(18)23(24)25)20(21-3)9-4-10-20;1-15(2)14-23(17-7-11-24-12-8-17)19-6-5-16(13-18(19)21)20(22-3)9-4-10-20;1-14(2)13-22(16-6-10-25-11-7-16)18-5-4-15(12-17(18)21)20(19(23)24)8-3-9-20;1-3-2-4(5)7-6-3;;/h5-6,13-14,17,20H,4,7-12,15-16H2,1-3H3,(H,27,30)(H,31,32);5-6,13,15,17H,4,7-12,14H2,1-2H3;5-6,13,15,17H,4,7-12,14,21H2,1-2H3;4-5,12,14,16H,3,6-11,13,21H2,1-2H3,(H,23,24);2H,5H2,1H3;;1H2/q;;;;;+1;/p-1. The van der Waals surface area contributed by atoms with Crippen molar-refractivity contribution in [3.63, 3.8) is 0 Å². The monoisotopic (exact) mass is 1650 g/mol. The van der Waals surface area contributed by atoms with Gasteiger partial charge in [0.15, 0.2) is 0 Å². The average molecular weight is 1660 g/mol. The van der Waals surface area contributed by atoms with Gasteiger partial charge in [-0.1, -0.05) is 90.7 Å². The van der Waals surface area contributed by atoms with Gasteiger partial charge in [-0.25, -0.2) is 13.1 Å². The first kappa shape index (κ1) is 95.6. The number of aromatic nitrogens is 2. The molecule has 4 aliphatic heterocycles. The van der Waals surface area contributed by atoms with Crippen LogP contribution >= 0.6 is 0 Å². The van der Waals surface area contributed by atoms with E-state index in [2.05, 4.69) is 123 Å². The number of amides is 1. The first-order valence-electron chi connectivity index (χ1n) is 42.3. The molecule has 4 aliphatic carbocycles. The van der Waals surface area contributed by atoms with E-state index in [-0.39, 0.29) is 91.4 Å². The molecule has 4 saturated carbocycles. The number of nitrogens with two attached hydrogens (primary N) is 3. The molecule has 2 aromatic heterocycles. The van der Waals surface area contributed by atoms with E-state index in [0.717, 1.165) is 212 Å². The third kappa shape index (κ3) is 23.8. The van der Waals surface area contributed by atoms with Gasteiger partial charge in [-0.3, -0.25) is 24.5 Å². The van der Waals surface area contributed by atoms with Crippen LogP contribution in [0.2, 0.25) is 0 Å². The van der Waals surface area contributed by atoms with E-state index in [9.17, 15) is 34.7 Å². The van der Waals surface area contributed by atoms with E-state index in [1.54, 1.807) is 18.2 Å². The number of ether oxygens (including phenoxy) is 4. The summed E-state index contributed by atoms with van der Waals surface area (Å²) in [5.74, 6) is 1.04. The number of nitrogens with zero attached hydrogens (tertiary/aromatic N) is 9. The van der Waals surface area contributed by atoms with Crippen molar-refractivity contribution in [2.24, 2.45) is 23.7 Å². The first-order valence-corrected chi connectivity index (χ1v) is 42.3. The van der Waals surface area contributed by atoms with Crippen LogP contribution in [0.1, 0.15) is 223 Å². The van der Waals surface area contributed by atoms with Gasteiger partial charge >= 0.3 is 63.3 Å². The van der Waals surface area contributed by atoms with Crippen LogP contribution in [-0.4, -0.2) is 152 Å². The summed E-state index contributed by atoms with van der Waals surface area (Å²) in [7, 11) is 0. The normalized spacial score (nSPS) is 18.5. The summed E-state index contributed by atoms with van der Waals surface area (Å²) in [6.07, 6.45) is 18.0. The maximum absolute atomic E-state index is 13.0. The van der Waals surface area contributed by atoms with Crippen molar-refractivity contribution >= 4 is 69.2 Å². The average Bonchev–Trinajstić information content (AvgIpc) is 0.842. The molecule has 0 spiro atoms. The van der Waals surface area contributed by atoms with Gasteiger partial charge in [0.1, 0.15) is 11.4 Å². The molecule has 10 N–H and O–H groups in total. The Bertz CT molecular complexity index is 4300. The van der Waals surface area contributed by atoms with Crippen molar-refractivity contribution in [3.8, 4) is 0 Å². The second-order valence-corrected chi connectivity index (χ2v) is 34.8. The molecule has 638 valence electrons. The largest absolute Gasteiger partial charge is 1.00 e. The van der Waals surface area contributed by atoms with Gasteiger partial charge < -0.3 is 95.5 Å². The van der Waals surface area contributed by atoms with Crippen molar-refractivity contribution < 1.29 is 114 Å². The van der Waals surface area contributed by atoms with Gasteiger partial charge in [0, 0.05) is 158 Å². The maximum atomic E-state index is 13.0. The first-order chi connectivity index (χ1) is 55.5. The van der Waals surface area contributed by atoms with Crippen LogP contribution in [-0.2, 0) is 61.7 Å². The van der Waals surface area contributed by atoms with Crippen molar-refractivity contribution in [2.75, 3.05) is 121 Å².